The van der Waals surface area contributed by atoms with E-state index in [0.29, 0.717) is 18.4 Å². The van der Waals surface area contributed by atoms with Gasteiger partial charge in [-0.2, -0.15) is 0 Å². The lowest BCUT2D eigenvalue weighted by Gasteiger charge is -2.37. The normalized spacial score (nSPS) is 21.6. The average Bonchev–Trinajstić information content (AvgIpc) is 2.44. The van der Waals surface area contributed by atoms with Crippen LogP contribution in [0.25, 0.3) is 0 Å². The number of hydrogen-bond donors (Lipinski definition) is 2. The fourth-order valence-electron chi connectivity index (χ4n) is 3.16. The van der Waals surface area contributed by atoms with Crippen LogP contribution in [0.15, 0.2) is 24.3 Å². The third-order valence-corrected chi connectivity index (χ3v) is 4.70. The van der Waals surface area contributed by atoms with Crippen molar-refractivity contribution in [1.82, 2.24) is 10.6 Å². The van der Waals surface area contributed by atoms with Gasteiger partial charge < -0.3 is 15.5 Å². The molecule has 3 rings (SSSR count). The van der Waals surface area contributed by atoms with Crippen LogP contribution in [0, 0.1) is 5.92 Å². The fourth-order valence-corrected chi connectivity index (χ4v) is 3.16. The number of rotatable bonds is 5. The van der Waals surface area contributed by atoms with Crippen molar-refractivity contribution in [1.29, 1.82) is 0 Å². The van der Waals surface area contributed by atoms with Gasteiger partial charge in [0, 0.05) is 50.2 Å². The molecule has 1 unspecified atom stereocenters. The van der Waals surface area contributed by atoms with Crippen LogP contribution < -0.4 is 15.5 Å². The molecule has 0 aliphatic carbocycles. The molecule has 21 heavy (non-hydrogen) atoms. The van der Waals surface area contributed by atoms with E-state index in [4.69, 9.17) is 0 Å². The van der Waals surface area contributed by atoms with Crippen LogP contribution in [-0.2, 0) is 11.2 Å². The highest BCUT2D eigenvalue weighted by atomic mass is 16.1. The number of para-hydroxylation sites is 1. The highest BCUT2D eigenvalue weighted by Crippen LogP contribution is 2.30. The maximum atomic E-state index is 12.0. The summed E-state index contributed by atoms with van der Waals surface area (Å²) in [6, 6.07) is 9.10. The summed E-state index contributed by atoms with van der Waals surface area (Å²) in [4.78, 5) is 14.4. The predicted octanol–water partition coefficient (Wildman–Crippen LogP) is 1.55. The largest absolute Gasteiger partial charge is 0.368 e. The number of hydrogen-bond acceptors (Lipinski definition) is 3. The number of amides is 1. The first-order valence-corrected chi connectivity index (χ1v) is 8.06. The summed E-state index contributed by atoms with van der Waals surface area (Å²) in [7, 11) is 0. The van der Waals surface area contributed by atoms with E-state index in [-0.39, 0.29) is 5.91 Å². The highest BCUT2D eigenvalue weighted by Gasteiger charge is 2.23. The van der Waals surface area contributed by atoms with Crippen molar-refractivity contribution in [2.24, 2.45) is 5.92 Å². The maximum Gasteiger partial charge on any atom is 0.221 e. The van der Waals surface area contributed by atoms with Gasteiger partial charge in [0.1, 0.15) is 0 Å². The van der Waals surface area contributed by atoms with Gasteiger partial charge >= 0.3 is 0 Å². The van der Waals surface area contributed by atoms with Gasteiger partial charge in [-0.05, 0) is 31.4 Å². The minimum atomic E-state index is 0.178. The van der Waals surface area contributed by atoms with Crippen molar-refractivity contribution < 1.29 is 4.79 Å². The van der Waals surface area contributed by atoms with Gasteiger partial charge in [0.05, 0.1) is 0 Å². The molecule has 1 aromatic rings. The van der Waals surface area contributed by atoms with Crippen molar-refractivity contribution in [3.8, 4) is 0 Å². The zero-order valence-electron chi connectivity index (χ0n) is 12.8. The molecule has 2 N–H and O–H groups in total. The Balaban J connectivity index is 1.53. The summed E-state index contributed by atoms with van der Waals surface area (Å²) < 4.78 is 0. The molecule has 0 saturated carbocycles. The topological polar surface area (TPSA) is 44.4 Å². The smallest absolute Gasteiger partial charge is 0.221 e. The van der Waals surface area contributed by atoms with E-state index in [1.807, 2.05) is 0 Å². The van der Waals surface area contributed by atoms with Gasteiger partial charge in [-0.3, -0.25) is 4.79 Å². The predicted molar refractivity (Wildman–Crippen MR) is 85.6 cm³/mol. The summed E-state index contributed by atoms with van der Waals surface area (Å²) in [6.07, 6.45) is 2.90. The molecule has 0 bridgehead atoms. The molecule has 114 valence electrons. The molecule has 1 aromatic carbocycles. The first-order chi connectivity index (χ1) is 10.2. The molecule has 2 aliphatic heterocycles. The third kappa shape index (κ3) is 3.38. The SMILES string of the molecule is CC1CCc2ccccc2N1CCC(=O)NCC1CNC1. The van der Waals surface area contributed by atoms with Crippen molar-refractivity contribution in [2.45, 2.75) is 32.2 Å². The van der Waals surface area contributed by atoms with Crippen LogP contribution in [0.5, 0.6) is 0 Å². The van der Waals surface area contributed by atoms with Crippen LogP contribution in [0.4, 0.5) is 5.69 Å². The molecule has 1 amide bonds. The molecule has 1 fully saturated rings. The zero-order valence-corrected chi connectivity index (χ0v) is 12.8. The molecule has 0 aromatic heterocycles. The summed E-state index contributed by atoms with van der Waals surface area (Å²) >= 11 is 0. The number of anilines is 1. The molecular formula is C17H25N3O. The van der Waals surface area contributed by atoms with Crippen LogP contribution >= 0.6 is 0 Å². The van der Waals surface area contributed by atoms with Crippen LogP contribution in [0.1, 0.15) is 25.3 Å². The number of fused-ring (bicyclic) bond motifs is 1. The van der Waals surface area contributed by atoms with E-state index in [9.17, 15) is 4.79 Å². The Kier molecular flexibility index (Phi) is 4.44. The number of aryl methyl sites for hydroxylation is 1. The lowest BCUT2D eigenvalue weighted by atomic mass is 9.96. The summed E-state index contributed by atoms with van der Waals surface area (Å²) in [5, 5.41) is 6.28. The Morgan fingerprint density at radius 3 is 2.95 bits per heavy atom. The lowest BCUT2D eigenvalue weighted by Crippen LogP contribution is -2.48. The third-order valence-electron chi connectivity index (χ3n) is 4.70. The Hall–Kier alpha value is -1.55. The van der Waals surface area contributed by atoms with Crippen LogP contribution in [0.2, 0.25) is 0 Å². The minimum Gasteiger partial charge on any atom is -0.368 e. The van der Waals surface area contributed by atoms with Gasteiger partial charge in [-0.1, -0.05) is 18.2 Å². The van der Waals surface area contributed by atoms with E-state index >= 15 is 0 Å². The number of nitrogens with one attached hydrogen (secondary N) is 2. The van der Waals surface area contributed by atoms with E-state index in [1.165, 1.54) is 17.7 Å². The second-order valence-corrected chi connectivity index (χ2v) is 6.29. The fraction of sp³-hybridized carbons (Fsp3) is 0.588. The van der Waals surface area contributed by atoms with Gasteiger partial charge in [0.2, 0.25) is 5.91 Å². The van der Waals surface area contributed by atoms with Crippen LogP contribution in [0.3, 0.4) is 0 Å². The van der Waals surface area contributed by atoms with Crippen molar-refractivity contribution in [2.75, 3.05) is 31.1 Å². The van der Waals surface area contributed by atoms with E-state index < -0.39 is 0 Å². The van der Waals surface area contributed by atoms with E-state index in [1.54, 1.807) is 0 Å². The van der Waals surface area contributed by atoms with Gasteiger partial charge in [-0.25, -0.2) is 0 Å². The monoisotopic (exact) mass is 287 g/mol. The van der Waals surface area contributed by atoms with Gasteiger partial charge in [-0.15, -0.1) is 0 Å². The first kappa shape index (κ1) is 14.4. The number of carbonyl (C=O) groups excluding carboxylic acids is 1. The molecule has 0 spiro atoms. The van der Waals surface area contributed by atoms with Crippen molar-refractivity contribution in [3.05, 3.63) is 29.8 Å². The standard InChI is InChI=1S/C17H25N3O/c1-13-6-7-15-4-2-3-5-16(15)20(13)9-8-17(21)19-12-14-10-18-11-14/h2-5,13-14,18H,6-12H2,1H3,(H,19,21). The van der Waals surface area contributed by atoms with E-state index in [2.05, 4.69) is 46.7 Å². The Morgan fingerprint density at radius 2 is 2.19 bits per heavy atom. The molecule has 1 saturated heterocycles. The van der Waals surface area contributed by atoms with Crippen molar-refractivity contribution >= 4 is 11.6 Å². The maximum absolute atomic E-state index is 12.0. The molecule has 2 heterocycles. The van der Waals surface area contributed by atoms with Crippen LogP contribution in [-0.4, -0.2) is 38.1 Å². The Labute approximate surface area is 126 Å². The Bertz CT molecular complexity index is 499. The molecule has 4 nitrogen and oxygen atoms in total. The van der Waals surface area contributed by atoms with Gasteiger partial charge in [0.15, 0.2) is 0 Å². The molecule has 2 aliphatic rings. The summed E-state index contributed by atoms with van der Waals surface area (Å²) in [6.45, 7) is 5.96. The number of carbonyl (C=O) groups is 1. The van der Waals surface area contributed by atoms with Gasteiger partial charge in [0.25, 0.3) is 0 Å². The number of benzene rings is 1. The molecule has 4 heteroatoms. The summed E-state index contributed by atoms with van der Waals surface area (Å²) in [5.74, 6) is 0.806. The zero-order chi connectivity index (χ0) is 14.7. The van der Waals surface area contributed by atoms with E-state index in [0.717, 1.165) is 32.6 Å². The Morgan fingerprint density at radius 1 is 1.38 bits per heavy atom. The quantitative estimate of drug-likeness (QED) is 0.864. The highest BCUT2D eigenvalue weighted by molar-refractivity contribution is 5.76. The first-order valence-electron chi connectivity index (χ1n) is 8.06. The molecule has 1 atom stereocenters. The average molecular weight is 287 g/mol. The second-order valence-electron chi connectivity index (χ2n) is 6.29. The number of nitrogens with zero attached hydrogens (tertiary/aromatic N) is 1. The molecule has 0 radical (unpaired) electrons. The summed E-state index contributed by atoms with van der Waals surface area (Å²) in [5.41, 5.74) is 2.73. The van der Waals surface area contributed by atoms with Crippen molar-refractivity contribution in [3.63, 3.8) is 0 Å². The minimum absolute atomic E-state index is 0.178. The second kappa shape index (κ2) is 6.48. The lowest BCUT2D eigenvalue weighted by molar-refractivity contribution is -0.121. The molecular weight excluding hydrogens is 262 g/mol.